The first kappa shape index (κ1) is 9.32. The maximum absolute atomic E-state index is 3.94. The number of hydrogen-bond donors (Lipinski definition) is 1. The minimum Gasteiger partial charge on any atom is -0.368 e. The van der Waals surface area contributed by atoms with Gasteiger partial charge in [-0.05, 0) is 24.8 Å². The zero-order valence-corrected chi connectivity index (χ0v) is 8.19. The first-order chi connectivity index (χ1) is 5.83. The number of nitrogens with one attached hydrogen (secondary N) is 1. The van der Waals surface area contributed by atoms with Gasteiger partial charge in [0.1, 0.15) is 5.82 Å². The maximum atomic E-state index is 3.94. The number of nitrogens with zero attached hydrogens (tertiary/aromatic N) is 2. The van der Waals surface area contributed by atoms with Gasteiger partial charge in [0, 0.05) is 12.3 Å². The van der Waals surface area contributed by atoms with Crippen LogP contribution >= 0.6 is 11.8 Å². The predicted molar refractivity (Wildman–Crippen MR) is 53.6 cm³/mol. The SMILES string of the molecule is CSCCNc1cc(C)cnn1. The molecular weight excluding hydrogens is 170 g/mol. The quantitative estimate of drug-likeness (QED) is 0.719. The summed E-state index contributed by atoms with van der Waals surface area (Å²) < 4.78 is 0. The molecule has 1 rings (SSSR count). The first-order valence-corrected chi connectivity index (χ1v) is 5.24. The molecule has 0 spiro atoms. The molecule has 0 amide bonds. The fourth-order valence-corrected chi connectivity index (χ4v) is 1.14. The lowest BCUT2D eigenvalue weighted by Gasteiger charge is -2.02. The van der Waals surface area contributed by atoms with E-state index in [1.54, 1.807) is 6.20 Å². The highest BCUT2D eigenvalue weighted by molar-refractivity contribution is 7.98. The molecule has 1 aromatic heterocycles. The number of rotatable bonds is 4. The Hall–Kier alpha value is -0.770. The molecule has 0 saturated carbocycles. The van der Waals surface area contributed by atoms with Gasteiger partial charge in [0.15, 0.2) is 0 Å². The summed E-state index contributed by atoms with van der Waals surface area (Å²) in [6.45, 7) is 2.95. The van der Waals surface area contributed by atoms with Gasteiger partial charge in [0.2, 0.25) is 0 Å². The van der Waals surface area contributed by atoms with Crippen LogP contribution in [-0.4, -0.2) is 28.8 Å². The minimum absolute atomic E-state index is 0.865. The number of anilines is 1. The molecule has 0 aliphatic carbocycles. The van der Waals surface area contributed by atoms with E-state index in [9.17, 15) is 0 Å². The highest BCUT2D eigenvalue weighted by Gasteiger charge is 1.92. The van der Waals surface area contributed by atoms with Crippen molar-refractivity contribution in [2.24, 2.45) is 0 Å². The fourth-order valence-electron chi connectivity index (χ4n) is 0.831. The van der Waals surface area contributed by atoms with Crippen molar-refractivity contribution in [3.8, 4) is 0 Å². The van der Waals surface area contributed by atoms with Crippen molar-refractivity contribution in [2.45, 2.75) is 6.92 Å². The molecule has 0 aliphatic rings. The summed E-state index contributed by atoms with van der Waals surface area (Å²) in [5.41, 5.74) is 1.14. The average molecular weight is 183 g/mol. The first-order valence-electron chi connectivity index (χ1n) is 3.85. The van der Waals surface area contributed by atoms with Crippen LogP contribution in [0.1, 0.15) is 5.56 Å². The highest BCUT2D eigenvalue weighted by atomic mass is 32.2. The number of aryl methyl sites for hydroxylation is 1. The summed E-state index contributed by atoms with van der Waals surface area (Å²) in [7, 11) is 0. The molecule has 0 unspecified atom stereocenters. The van der Waals surface area contributed by atoms with Gasteiger partial charge in [0.05, 0.1) is 6.20 Å². The molecule has 1 N–H and O–H groups in total. The van der Waals surface area contributed by atoms with E-state index in [4.69, 9.17) is 0 Å². The van der Waals surface area contributed by atoms with Crippen LogP contribution in [0.2, 0.25) is 0 Å². The second-order valence-electron chi connectivity index (χ2n) is 2.54. The Morgan fingerprint density at radius 3 is 3.08 bits per heavy atom. The monoisotopic (exact) mass is 183 g/mol. The van der Waals surface area contributed by atoms with Crippen molar-refractivity contribution in [3.05, 3.63) is 17.8 Å². The van der Waals surface area contributed by atoms with Crippen molar-refractivity contribution in [2.75, 3.05) is 23.9 Å². The number of thioether (sulfide) groups is 1. The standard InChI is InChI=1S/C8H13N3S/c1-7-5-8(11-10-6-7)9-3-4-12-2/h5-6H,3-4H2,1-2H3,(H,9,11). The summed E-state index contributed by atoms with van der Waals surface area (Å²) in [6.07, 6.45) is 3.84. The molecule has 0 radical (unpaired) electrons. The van der Waals surface area contributed by atoms with E-state index in [0.717, 1.165) is 23.7 Å². The van der Waals surface area contributed by atoms with E-state index >= 15 is 0 Å². The number of aromatic nitrogens is 2. The van der Waals surface area contributed by atoms with E-state index in [-0.39, 0.29) is 0 Å². The Morgan fingerprint density at radius 1 is 1.58 bits per heavy atom. The van der Waals surface area contributed by atoms with Crippen molar-refractivity contribution in [1.29, 1.82) is 0 Å². The van der Waals surface area contributed by atoms with Crippen molar-refractivity contribution in [3.63, 3.8) is 0 Å². The van der Waals surface area contributed by atoms with Crippen LogP contribution in [0, 0.1) is 6.92 Å². The van der Waals surface area contributed by atoms with Gasteiger partial charge >= 0.3 is 0 Å². The van der Waals surface area contributed by atoms with Crippen LogP contribution in [0.3, 0.4) is 0 Å². The van der Waals surface area contributed by atoms with Gasteiger partial charge in [-0.3, -0.25) is 0 Å². The van der Waals surface area contributed by atoms with E-state index in [1.807, 2.05) is 24.8 Å². The Labute approximate surface area is 77.0 Å². The summed E-state index contributed by atoms with van der Waals surface area (Å²) >= 11 is 1.81. The van der Waals surface area contributed by atoms with Crippen LogP contribution in [-0.2, 0) is 0 Å². The molecule has 0 fully saturated rings. The molecule has 0 aliphatic heterocycles. The lowest BCUT2D eigenvalue weighted by Crippen LogP contribution is -2.06. The van der Waals surface area contributed by atoms with E-state index in [0.29, 0.717) is 0 Å². The molecule has 4 heteroatoms. The van der Waals surface area contributed by atoms with Crippen LogP contribution in [0.5, 0.6) is 0 Å². The van der Waals surface area contributed by atoms with Gasteiger partial charge in [-0.25, -0.2) is 0 Å². The second-order valence-corrected chi connectivity index (χ2v) is 3.52. The molecule has 66 valence electrons. The molecule has 1 heterocycles. The molecule has 0 saturated heterocycles. The van der Waals surface area contributed by atoms with E-state index in [2.05, 4.69) is 21.8 Å². The zero-order valence-electron chi connectivity index (χ0n) is 7.37. The topological polar surface area (TPSA) is 37.8 Å². The highest BCUT2D eigenvalue weighted by Crippen LogP contribution is 2.02. The predicted octanol–water partition coefficient (Wildman–Crippen LogP) is 1.56. The Morgan fingerprint density at radius 2 is 2.42 bits per heavy atom. The minimum atomic E-state index is 0.865. The maximum Gasteiger partial charge on any atom is 0.148 e. The van der Waals surface area contributed by atoms with Crippen LogP contribution in [0.25, 0.3) is 0 Å². The van der Waals surface area contributed by atoms with Crippen LogP contribution < -0.4 is 5.32 Å². The Bertz CT molecular complexity index is 239. The molecule has 0 aromatic carbocycles. The molecule has 0 atom stereocenters. The Kier molecular flexibility index (Phi) is 3.87. The Balaban J connectivity index is 2.41. The smallest absolute Gasteiger partial charge is 0.148 e. The van der Waals surface area contributed by atoms with Crippen molar-refractivity contribution < 1.29 is 0 Å². The summed E-state index contributed by atoms with van der Waals surface area (Å²) in [4.78, 5) is 0. The third-order valence-corrected chi connectivity index (χ3v) is 2.02. The lowest BCUT2D eigenvalue weighted by atomic mass is 10.3. The largest absolute Gasteiger partial charge is 0.368 e. The molecule has 0 bridgehead atoms. The third-order valence-electron chi connectivity index (χ3n) is 1.40. The summed E-state index contributed by atoms with van der Waals surface area (Å²) in [5.74, 6) is 1.96. The zero-order chi connectivity index (χ0) is 8.81. The second kappa shape index (κ2) is 4.98. The van der Waals surface area contributed by atoms with Gasteiger partial charge in [-0.15, -0.1) is 5.10 Å². The van der Waals surface area contributed by atoms with Crippen LogP contribution in [0.15, 0.2) is 12.3 Å². The van der Waals surface area contributed by atoms with Gasteiger partial charge in [-0.1, -0.05) is 0 Å². The van der Waals surface area contributed by atoms with Gasteiger partial charge < -0.3 is 5.32 Å². The third kappa shape index (κ3) is 3.09. The average Bonchev–Trinajstić information content (AvgIpc) is 2.05. The molecular formula is C8H13N3S. The summed E-state index contributed by atoms with van der Waals surface area (Å²) in [6, 6.07) is 1.99. The van der Waals surface area contributed by atoms with E-state index in [1.165, 1.54) is 0 Å². The van der Waals surface area contributed by atoms with Gasteiger partial charge in [0.25, 0.3) is 0 Å². The normalized spacial score (nSPS) is 9.83. The van der Waals surface area contributed by atoms with Crippen molar-refractivity contribution in [1.82, 2.24) is 10.2 Å². The molecule has 3 nitrogen and oxygen atoms in total. The molecule has 1 aromatic rings. The number of hydrogen-bond acceptors (Lipinski definition) is 4. The fraction of sp³-hybridized carbons (Fsp3) is 0.500. The summed E-state index contributed by atoms with van der Waals surface area (Å²) in [5, 5.41) is 11.0. The van der Waals surface area contributed by atoms with Gasteiger partial charge in [-0.2, -0.15) is 16.9 Å². The molecule has 12 heavy (non-hydrogen) atoms. The van der Waals surface area contributed by atoms with E-state index < -0.39 is 0 Å². The van der Waals surface area contributed by atoms with Crippen LogP contribution in [0.4, 0.5) is 5.82 Å². The lowest BCUT2D eigenvalue weighted by molar-refractivity contribution is 1.000. The van der Waals surface area contributed by atoms with Crippen molar-refractivity contribution >= 4 is 17.6 Å².